The fourth-order valence-electron chi connectivity index (χ4n) is 1.95. The van der Waals surface area contributed by atoms with E-state index in [1.807, 2.05) is 18.3 Å². The van der Waals surface area contributed by atoms with Crippen molar-refractivity contribution in [2.75, 3.05) is 19.6 Å². The van der Waals surface area contributed by atoms with E-state index in [1.54, 1.807) is 11.3 Å². The first kappa shape index (κ1) is 20.2. The highest BCUT2D eigenvalue weighted by Gasteiger charge is 1.99. The highest BCUT2D eigenvalue weighted by Crippen LogP contribution is 2.08. The third-order valence-corrected chi connectivity index (χ3v) is 4.21. The summed E-state index contributed by atoms with van der Waals surface area (Å²) in [6.45, 7) is 4.53. The molecule has 0 spiro atoms. The van der Waals surface area contributed by atoms with Gasteiger partial charge in [0.2, 0.25) is 0 Å². The maximum atomic E-state index is 5.78. The zero-order valence-corrected chi connectivity index (χ0v) is 17.0. The van der Waals surface area contributed by atoms with Crippen molar-refractivity contribution in [3.63, 3.8) is 0 Å². The summed E-state index contributed by atoms with van der Waals surface area (Å²) in [4.78, 5) is 10.0. The number of guanidine groups is 1. The summed E-state index contributed by atoms with van der Waals surface area (Å²) in [7, 11) is 0. The second-order valence-electron chi connectivity index (χ2n) is 4.76. The van der Waals surface area contributed by atoms with E-state index in [2.05, 4.69) is 45.0 Å². The molecule has 0 aliphatic carbocycles. The highest BCUT2D eigenvalue weighted by atomic mass is 127. The Bertz CT molecular complexity index is 572. The Hall–Kier alpha value is -0.860. The van der Waals surface area contributed by atoms with Gasteiger partial charge in [0.1, 0.15) is 5.15 Å². The van der Waals surface area contributed by atoms with Gasteiger partial charge in [0.25, 0.3) is 0 Å². The van der Waals surface area contributed by atoms with Gasteiger partial charge >= 0.3 is 0 Å². The van der Waals surface area contributed by atoms with Crippen LogP contribution in [0.25, 0.3) is 0 Å². The molecule has 126 valence electrons. The van der Waals surface area contributed by atoms with Crippen molar-refractivity contribution in [1.29, 1.82) is 0 Å². The van der Waals surface area contributed by atoms with Gasteiger partial charge in [-0.3, -0.25) is 4.99 Å². The highest BCUT2D eigenvalue weighted by molar-refractivity contribution is 14.0. The summed E-state index contributed by atoms with van der Waals surface area (Å²) < 4.78 is 0. The molecule has 0 saturated carbocycles. The summed E-state index contributed by atoms with van der Waals surface area (Å²) in [5, 5.41) is 9.24. The first-order chi connectivity index (χ1) is 10.8. The Morgan fingerprint density at radius 1 is 1.26 bits per heavy atom. The molecular weight excluding hydrogens is 443 g/mol. The van der Waals surface area contributed by atoms with Gasteiger partial charge in [-0.25, -0.2) is 4.98 Å². The number of rotatable bonds is 7. The van der Waals surface area contributed by atoms with Crippen LogP contribution in [-0.4, -0.2) is 30.6 Å². The van der Waals surface area contributed by atoms with Gasteiger partial charge in [-0.05, 0) is 36.4 Å². The molecule has 2 aromatic rings. The third-order valence-electron chi connectivity index (χ3n) is 3.05. The Morgan fingerprint density at radius 2 is 2.13 bits per heavy atom. The molecule has 0 amide bonds. The van der Waals surface area contributed by atoms with E-state index in [0.29, 0.717) is 5.15 Å². The van der Waals surface area contributed by atoms with E-state index in [4.69, 9.17) is 11.6 Å². The number of halogens is 2. The summed E-state index contributed by atoms with van der Waals surface area (Å²) in [6, 6.07) is 8.04. The number of nitrogens with one attached hydrogen (secondary N) is 2. The lowest BCUT2D eigenvalue weighted by atomic mass is 10.2. The second kappa shape index (κ2) is 11.6. The molecule has 0 bridgehead atoms. The van der Waals surface area contributed by atoms with Crippen molar-refractivity contribution in [3.8, 4) is 0 Å². The summed E-state index contributed by atoms with van der Waals surface area (Å²) in [5.41, 5.74) is 1.16. The molecule has 0 atom stereocenters. The summed E-state index contributed by atoms with van der Waals surface area (Å²) >= 11 is 7.56. The van der Waals surface area contributed by atoms with E-state index < -0.39 is 0 Å². The Kier molecular flexibility index (Phi) is 10.2. The van der Waals surface area contributed by atoms with Crippen LogP contribution in [0.3, 0.4) is 0 Å². The largest absolute Gasteiger partial charge is 0.357 e. The van der Waals surface area contributed by atoms with Crippen molar-refractivity contribution < 1.29 is 0 Å². The lowest BCUT2D eigenvalue weighted by Gasteiger charge is -2.11. The maximum Gasteiger partial charge on any atom is 0.191 e. The lowest BCUT2D eigenvalue weighted by Crippen LogP contribution is -2.38. The van der Waals surface area contributed by atoms with E-state index in [-0.39, 0.29) is 24.0 Å². The van der Waals surface area contributed by atoms with Crippen molar-refractivity contribution in [2.45, 2.75) is 19.8 Å². The van der Waals surface area contributed by atoms with Crippen LogP contribution < -0.4 is 10.6 Å². The molecule has 2 aromatic heterocycles. The minimum absolute atomic E-state index is 0. The predicted molar refractivity (Wildman–Crippen MR) is 110 cm³/mol. The topological polar surface area (TPSA) is 49.3 Å². The first-order valence-electron chi connectivity index (χ1n) is 7.43. The van der Waals surface area contributed by atoms with Gasteiger partial charge in [0.15, 0.2) is 5.96 Å². The van der Waals surface area contributed by atoms with Crippen LogP contribution >= 0.6 is 46.9 Å². The van der Waals surface area contributed by atoms with Gasteiger partial charge in [-0.1, -0.05) is 23.7 Å². The number of aromatic nitrogens is 1. The first-order valence-corrected chi connectivity index (χ1v) is 8.68. The summed E-state index contributed by atoms with van der Waals surface area (Å²) in [5.74, 6) is 0.862. The van der Waals surface area contributed by atoms with Crippen molar-refractivity contribution in [3.05, 3.63) is 51.4 Å². The molecule has 23 heavy (non-hydrogen) atoms. The van der Waals surface area contributed by atoms with Crippen molar-refractivity contribution >= 4 is 52.9 Å². The minimum atomic E-state index is 0. The molecule has 0 aliphatic heterocycles. The number of nitrogens with zero attached hydrogens (tertiary/aromatic N) is 2. The third kappa shape index (κ3) is 7.99. The number of hydrogen-bond donors (Lipinski definition) is 2. The normalized spacial score (nSPS) is 11.0. The van der Waals surface area contributed by atoms with Gasteiger partial charge < -0.3 is 10.6 Å². The molecule has 0 radical (unpaired) electrons. The molecule has 2 rings (SSSR count). The van der Waals surface area contributed by atoms with E-state index in [9.17, 15) is 0 Å². The maximum absolute atomic E-state index is 5.78. The van der Waals surface area contributed by atoms with Crippen LogP contribution in [0.15, 0.2) is 40.8 Å². The molecule has 7 heteroatoms. The van der Waals surface area contributed by atoms with Gasteiger partial charge in [0, 0.05) is 37.1 Å². The molecule has 2 N–H and O–H groups in total. The number of hydrogen-bond acceptors (Lipinski definition) is 3. The molecule has 0 fully saturated rings. The Balaban J connectivity index is 0.00000264. The Morgan fingerprint density at radius 3 is 2.78 bits per heavy atom. The van der Waals surface area contributed by atoms with E-state index in [1.165, 1.54) is 4.88 Å². The molecule has 0 saturated heterocycles. The van der Waals surface area contributed by atoms with Crippen molar-refractivity contribution in [1.82, 2.24) is 15.6 Å². The van der Waals surface area contributed by atoms with Crippen LogP contribution in [0.2, 0.25) is 5.15 Å². The average Bonchev–Trinajstić information content (AvgIpc) is 3.02. The fourth-order valence-corrected chi connectivity index (χ4v) is 2.76. The molecular formula is C16H22ClIN4S. The molecule has 2 heterocycles. The van der Waals surface area contributed by atoms with Crippen molar-refractivity contribution in [2.24, 2.45) is 4.99 Å². The monoisotopic (exact) mass is 464 g/mol. The van der Waals surface area contributed by atoms with E-state index >= 15 is 0 Å². The molecule has 0 aliphatic rings. The van der Waals surface area contributed by atoms with Crippen LogP contribution in [0.4, 0.5) is 0 Å². The molecule has 0 aromatic carbocycles. The number of pyridine rings is 1. The van der Waals surface area contributed by atoms with E-state index in [0.717, 1.165) is 44.0 Å². The fraction of sp³-hybridized carbons (Fsp3) is 0.375. The zero-order valence-electron chi connectivity index (χ0n) is 13.1. The molecule has 4 nitrogen and oxygen atoms in total. The summed E-state index contributed by atoms with van der Waals surface area (Å²) in [6.07, 6.45) is 3.68. The van der Waals surface area contributed by atoms with Crippen LogP contribution in [-0.2, 0) is 12.8 Å². The smallest absolute Gasteiger partial charge is 0.191 e. The van der Waals surface area contributed by atoms with Crippen LogP contribution in [0.1, 0.15) is 17.4 Å². The van der Waals surface area contributed by atoms with Crippen LogP contribution in [0, 0.1) is 0 Å². The number of aliphatic imine (C=N–C) groups is 1. The standard InChI is InChI=1S/C16H21ClN4S.HI/c1-2-18-16(20-10-8-14-4-3-11-22-14)19-9-7-13-5-6-15(17)21-12-13;/h3-6,11-12H,2,7-10H2,1H3,(H2,18,19,20);1H. The van der Waals surface area contributed by atoms with Gasteiger partial charge in [0.05, 0.1) is 0 Å². The molecule has 0 unspecified atom stereocenters. The Labute approximate surface area is 163 Å². The lowest BCUT2D eigenvalue weighted by molar-refractivity contribution is 0.796. The van der Waals surface area contributed by atoms with Gasteiger partial charge in [-0.15, -0.1) is 35.3 Å². The predicted octanol–water partition coefficient (Wildman–Crippen LogP) is 3.75. The number of thiophene rings is 1. The quantitative estimate of drug-likeness (QED) is 0.284. The minimum Gasteiger partial charge on any atom is -0.357 e. The SMILES string of the molecule is CCNC(=NCCc1cccs1)NCCc1ccc(Cl)nc1.I. The second-order valence-corrected chi connectivity index (χ2v) is 6.18. The van der Waals surface area contributed by atoms with Gasteiger partial charge in [-0.2, -0.15) is 0 Å². The average molecular weight is 465 g/mol. The van der Waals surface area contributed by atoms with Crippen LogP contribution in [0.5, 0.6) is 0 Å². The zero-order chi connectivity index (χ0) is 15.6.